The maximum atomic E-state index is 5.96. The van der Waals surface area contributed by atoms with Gasteiger partial charge < -0.3 is 4.74 Å². The van der Waals surface area contributed by atoms with Gasteiger partial charge in [0.1, 0.15) is 4.83 Å². The molecule has 1 aliphatic carbocycles. The second-order valence-electron chi connectivity index (χ2n) is 5.24. The molecule has 0 unspecified atom stereocenters. The van der Waals surface area contributed by atoms with Gasteiger partial charge in [-0.1, -0.05) is 19.8 Å². The highest BCUT2D eigenvalue weighted by Crippen LogP contribution is 2.33. The molecular formula is C14H20N4OS. The van der Waals surface area contributed by atoms with E-state index >= 15 is 0 Å². The zero-order valence-electron chi connectivity index (χ0n) is 11.7. The fourth-order valence-electron chi connectivity index (χ4n) is 2.67. The number of nitrogen functional groups attached to an aromatic ring is 1. The van der Waals surface area contributed by atoms with E-state index in [4.69, 9.17) is 10.6 Å². The Morgan fingerprint density at radius 1 is 1.40 bits per heavy atom. The number of nitrogens with one attached hydrogen (secondary N) is 1. The molecule has 3 rings (SSSR count). The van der Waals surface area contributed by atoms with E-state index in [9.17, 15) is 0 Å². The molecule has 5 nitrogen and oxygen atoms in total. The van der Waals surface area contributed by atoms with E-state index in [0.717, 1.165) is 23.2 Å². The molecule has 2 heterocycles. The number of fused-ring (bicyclic) bond motifs is 1. The van der Waals surface area contributed by atoms with Crippen LogP contribution in [0.2, 0.25) is 0 Å². The number of ether oxygens (including phenoxy) is 1. The summed E-state index contributed by atoms with van der Waals surface area (Å²) >= 11 is 1.67. The molecule has 0 aliphatic heterocycles. The van der Waals surface area contributed by atoms with Crippen molar-refractivity contribution in [2.45, 2.75) is 39.0 Å². The van der Waals surface area contributed by atoms with Crippen LogP contribution >= 0.6 is 11.3 Å². The highest BCUT2D eigenvalue weighted by Gasteiger charge is 2.18. The molecule has 20 heavy (non-hydrogen) atoms. The number of aryl methyl sites for hydroxylation is 1. The summed E-state index contributed by atoms with van der Waals surface area (Å²) in [7, 11) is 0. The number of rotatable bonds is 5. The monoisotopic (exact) mass is 292 g/mol. The second kappa shape index (κ2) is 5.93. The van der Waals surface area contributed by atoms with Crippen LogP contribution in [0.25, 0.3) is 10.2 Å². The zero-order valence-corrected chi connectivity index (χ0v) is 12.5. The summed E-state index contributed by atoms with van der Waals surface area (Å²) in [5, 5.41) is 1.00. The molecule has 2 aromatic heterocycles. The van der Waals surface area contributed by atoms with Crippen molar-refractivity contribution in [3.63, 3.8) is 0 Å². The summed E-state index contributed by atoms with van der Waals surface area (Å²) < 4.78 is 5.96. The van der Waals surface area contributed by atoms with E-state index in [1.54, 1.807) is 11.3 Å². The molecule has 0 aromatic carbocycles. The van der Waals surface area contributed by atoms with Crippen molar-refractivity contribution in [2.24, 2.45) is 11.8 Å². The number of thiophene rings is 1. The maximum Gasteiger partial charge on any atom is 0.241 e. The van der Waals surface area contributed by atoms with Crippen molar-refractivity contribution < 1.29 is 4.74 Å². The van der Waals surface area contributed by atoms with Crippen LogP contribution in [-0.2, 0) is 6.42 Å². The fourth-order valence-corrected chi connectivity index (χ4v) is 3.63. The highest BCUT2D eigenvalue weighted by molar-refractivity contribution is 7.18. The first-order valence-corrected chi connectivity index (χ1v) is 8.01. The van der Waals surface area contributed by atoms with E-state index in [2.05, 4.69) is 28.4 Å². The van der Waals surface area contributed by atoms with E-state index in [1.165, 1.54) is 30.6 Å². The Hall–Kier alpha value is -1.40. The van der Waals surface area contributed by atoms with Gasteiger partial charge in [0, 0.05) is 4.88 Å². The maximum absolute atomic E-state index is 5.96. The average molecular weight is 292 g/mol. The third-order valence-corrected chi connectivity index (χ3v) is 4.99. The Morgan fingerprint density at radius 3 is 2.90 bits per heavy atom. The number of aromatic nitrogens is 2. The Bertz CT molecular complexity index is 592. The van der Waals surface area contributed by atoms with Gasteiger partial charge in [0.2, 0.25) is 11.8 Å². The Kier molecular flexibility index (Phi) is 4.03. The number of hydrazine groups is 1. The largest absolute Gasteiger partial charge is 0.477 e. The third-order valence-electron chi connectivity index (χ3n) is 3.82. The molecule has 1 aliphatic rings. The Balaban J connectivity index is 1.87. The molecule has 2 aromatic rings. The summed E-state index contributed by atoms with van der Waals surface area (Å²) in [5.74, 6) is 7.18. The second-order valence-corrected chi connectivity index (χ2v) is 6.36. The number of anilines is 1. The molecule has 1 saturated carbocycles. The van der Waals surface area contributed by atoms with Crippen LogP contribution in [-0.4, -0.2) is 16.6 Å². The number of hydrogen-bond donors (Lipinski definition) is 2. The van der Waals surface area contributed by atoms with Gasteiger partial charge in [0.05, 0.1) is 12.0 Å². The summed E-state index contributed by atoms with van der Waals surface area (Å²) in [6, 6.07) is 2.13. The first-order valence-electron chi connectivity index (χ1n) is 7.20. The summed E-state index contributed by atoms with van der Waals surface area (Å²) in [6.45, 7) is 2.88. The normalized spacial score (nSPS) is 15.9. The summed E-state index contributed by atoms with van der Waals surface area (Å²) in [6.07, 6.45) is 6.16. The van der Waals surface area contributed by atoms with Crippen LogP contribution < -0.4 is 16.0 Å². The van der Waals surface area contributed by atoms with Gasteiger partial charge in [-0.3, -0.25) is 5.43 Å². The van der Waals surface area contributed by atoms with Gasteiger partial charge in [0.25, 0.3) is 0 Å². The Morgan fingerprint density at radius 2 is 2.20 bits per heavy atom. The minimum atomic E-state index is 0.420. The van der Waals surface area contributed by atoms with Gasteiger partial charge in [-0.05, 0) is 31.2 Å². The molecule has 0 radical (unpaired) electrons. The van der Waals surface area contributed by atoms with E-state index in [0.29, 0.717) is 17.7 Å². The third kappa shape index (κ3) is 2.71. The van der Waals surface area contributed by atoms with Crippen molar-refractivity contribution in [2.75, 3.05) is 12.0 Å². The minimum absolute atomic E-state index is 0.420. The summed E-state index contributed by atoms with van der Waals surface area (Å²) in [5.41, 5.74) is 2.52. The molecule has 0 spiro atoms. The Labute approximate surface area is 122 Å². The molecule has 0 bridgehead atoms. The van der Waals surface area contributed by atoms with Crippen LogP contribution in [0.4, 0.5) is 5.95 Å². The number of nitrogens with zero attached hydrogens (tertiary/aromatic N) is 2. The zero-order chi connectivity index (χ0) is 13.9. The lowest BCUT2D eigenvalue weighted by Crippen LogP contribution is -2.13. The standard InChI is InChI=1S/C14H20N4OS/c1-2-10-7-11-12(19-8-9-5-3-4-6-9)16-14(18-15)17-13(11)20-10/h7,9H,2-6,8,15H2,1H3,(H,16,17,18). The first-order chi connectivity index (χ1) is 9.80. The van der Waals surface area contributed by atoms with Crippen LogP contribution in [0.5, 0.6) is 5.88 Å². The van der Waals surface area contributed by atoms with Gasteiger partial charge in [-0.15, -0.1) is 11.3 Å². The predicted octanol–water partition coefficient (Wildman–Crippen LogP) is 3.11. The lowest BCUT2D eigenvalue weighted by atomic mass is 10.1. The molecule has 1 fully saturated rings. The SMILES string of the molecule is CCc1cc2c(OCC3CCCC3)nc(NN)nc2s1. The first kappa shape index (κ1) is 13.6. The van der Waals surface area contributed by atoms with Crippen LogP contribution in [0, 0.1) is 5.92 Å². The van der Waals surface area contributed by atoms with Crippen molar-refractivity contribution in [1.82, 2.24) is 9.97 Å². The fraction of sp³-hybridized carbons (Fsp3) is 0.571. The van der Waals surface area contributed by atoms with Crippen LogP contribution in [0.1, 0.15) is 37.5 Å². The van der Waals surface area contributed by atoms with Gasteiger partial charge in [0.15, 0.2) is 0 Å². The minimum Gasteiger partial charge on any atom is -0.477 e. The van der Waals surface area contributed by atoms with Crippen molar-refractivity contribution in [3.8, 4) is 5.88 Å². The number of hydrogen-bond acceptors (Lipinski definition) is 6. The molecule has 0 saturated heterocycles. The van der Waals surface area contributed by atoms with E-state index in [-0.39, 0.29) is 0 Å². The molecular weight excluding hydrogens is 272 g/mol. The summed E-state index contributed by atoms with van der Waals surface area (Å²) in [4.78, 5) is 11.0. The topological polar surface area (TPSA) is 73.1 Å². The lowest BCUT2D eigenvalue weighted by molar-refractivity contribution is 0.246. The predicted molar refractivity (Wildman–Crippen MR) is 82.1 cm³/mol. The highest BCUT2D eigenvalue weighted by atomic mass is 32.1. The van der Waals surface area contributed by atoms with Crippen LogP contribution in [0.3, 0.4) is 0 Å². The van der Waals surface area contributed by atoms with E-state index in [1.807, 2.05) is 0 Å². The number of nitrogens with two attached hydrogens (primary N) is 1. The molecule has 3 N–H and O–H groups in total. The molecule has 6 heteroatoms. The van der Waals surface area contributed by atoms with E-state index < -0.39 is 0 Å². The molecule has 0 atom stereocenters. The molecule has 0 amide bonds. The van der Waals surface area contributed by atoms with Gasteiger partial charge in [-0.2, -0.15) is 4.98 Å². The van der Waals surface area contributed by atoms with Gasteiger partial charge >= 0.3 is 0 Å². The van der Waals surface area contributed by atoms with Crippen molar-refractivity contribution >= 4 is 27.5 Å². The lowest BCUT2D eigenvalue weighted by Gasteiger charge is -2.11. The van der Waals surface area contributed by atoms with Crippen molar-refractivity contribution in [3.05, 3.63) is 10.9 Å². The quantitative estimate of drug-likeness (QED) is 0.654. The van der Waals surface area contributed by atoms with Gasteiger partial charge in [-0.25, -0.2) is 10.8 Å². The van der Waals surface area contributed by atoms with Crippen molar-refractivity contribution in [1.29, 1.82) is 0 Å². The molecule has 108 valence electrons. The van der Waals surface area contributed by atoms with Crippen LogP contribution in [0.15, 0.2) is 6.07 Å². The smallest absolute Gasteiger partial charge is 0.241 e. The average Bonchev–Trinajstić information content (AvgIpc) is 3.12.